The van der Waals surface area contributed by atoms with Gasteiger partial charge in [-0.2, -0.15) is 0 Å². The summed E-state index contributed by atoms with van der Waals surface area (Å²) in [5.41, 5.74) is 2.77. The van der Waals surface area contributed by atoms with Crippen LogP contribution in [0.15, 0.2) is 54.6 Å². The quantitative estimate of drug-likeness (QED) is 0.891. The smallest absolute Gasteiger partial charge is 0.335 e. The maximum absolute atomic E-state index is 10.9. The minimum Gasteiger partial charge on any atom is -0.478 e. The Bertz CT molecular complexity index is 632. The Kier molecular flexibility index (Phi) is 4.93. The Morgan fingerprint density at radius 3 is 2.30 bits per heavy atom. The molecule has 23 heavy (non-hydrogen) atoms. The summed E-state index contributed by atoms with van der Waals surface area (Å²) in [5, 5.41) is 12.6. The highest BCUT2D eigenvalue weighted by Gasteiger charge is 2.19. The maximum Gasteiger partial charge on any atom is 0.335 e. The van der Waals surface area contributed by atoms with E-state index >= 15 is 0 Å². The van der Waals surface area contributed by atoms with Gasteiger partial charge in [-0.25, -0.2) is 4.79 Å². The van der Waals surface area contributed by atoms with Crippen LogP contribution in [0.4, 0.5) is 5.69 Å². The van der Waals surface area contributed by atoms with E-state index in [1.807, 2.05) is 18.2 Å². The number of hydrogen-bond donors (Lipinski definition) is 2. The van der Waals surface area contributed by atoms with Crippen LogP contribution in [0, 0.1) is 0 Å². The van der Waals surface area contributed by atoms with Gasteiger partial charge in [0.05, 0.1) is 5.56 Å². The fourth-order valence-corrected chi connectivity index (χ4v) is 3.01. The van der Waals surface area contributed by atoms with Crippen molar-refractivity contribution in [2.75, 3.05) is 18.0 Å². The molecule has 120 valence electrons. The van der Waals surface area contributed by atoms with Crippen molar-refractivity contribution in [1.82, 2.24) is 5.32 Å². The average molecular weight is 310 g/mol. The lowest BCUT2D eigenvalue weighted by molar-refractivity contribution is 0.0697. The van der Waals surface area contributed by atoms with Gasteiger partial charge in [-0.15, -0.1) is 0 Å². The average Bonchev–Trinajstić information content (AvgIpc) is 2.61. The molecule has 2 N–H and O–H groups in total. The van der Waals surface area contributed by atoms with E-state index in [1.54, 1.807) is 12.1 Å². The Hall–Kier alpha value is -2.33. The van der Waals surface area contributed by atoms with Crippen LogP contribution in [-0.4, -0.2) is 30.2 Å². The predicted molar refractivity (Wildman–Crippen MR) is 91.9 cm³/mol. The van der Waals surface area contributed by atoms with E-state index in [0.29, 0.717) is 11.6 Å². The van der Waals surface area contributed by atoms with Crippen LogP contribution in [0.2, 0.25) is 0 Å². The van der Waals surface area contributed by atoms with E-state index in [4.69, 9.17) is 5.11 Å². The fraction of sp³-hybridized carbons (Fsp3) is 0.316. The summed E-state index contributed by atoms with van der Waals surface area (Å²) < 4.78 is 0. The topological polar surface area (TPSA) is 52.6 Å². The zero-order chi connectivity index (χ0) is 16.1. The highest BCUT2D eigenvalue weighted by molar-refractivity contribution is 5.88. The molecule has 2 aromatic carbocycles. The zero-order valence-electron chi connectivity index (χ0n) is 13.1. The van der Waals surface area contributed by atoms with E-state index in [9.17, 15) is 4.79 Å². The zero-order valence-corrected chi connectivity index (χ0v) is 13.1. The summed E-state index contributed by atoms with van der Waals surface area (Å²) in [6.45, 7) is 2.91. The molecule has 1 saturated heterocycles. The first-order chi connectivity index (χ1) is 11.2. The first-order valence-electron chi connectivity index (χ1n) is 8.08. The SMILES string of the molecule is O=C(O)c1ccc(N2CCC(NCc3ccccc3)CC2)cc1. The third kappa shape index (κ3) is 4.11. The van der Waals surface area contributed by atoms with Crippen LogP contribution in [0.1, 0.15) is 28.8 Å². The molecule has 4 nitrogen and oxygen atoms in total. The number of aromatic carboxylic acids is 1. The molecule has 1 aliphatic heterocycles. The van der Waals surface area contributed by atoms with Crippen LogP contribution in [0.25, 0.3) is 0 Å². The number of carbonyl (C=O) groups is 1. The molecule has 0 spiro atoms. The maximum atomic E-state index is 10.9. The number of nitrogens with one attached hydrogen (secondary N) is 1. The van der Waals surface area contributed by atoms with E-state index in [1.165, 1.54) is 5.56 Å². The molecule has 0 aliphatic carbocycles. The summed E-state index contributed by atoms with van der Waals surface area (Å²) in [6.07, 6.45) is 2.21. The number of rotatable bonds is 5. The normalized spacial score (nSPS) is 15.6. The van der Waals surface area contributed by atoms with Crippen molar-refractivity contribution in [3.05, 3.63) is 65.7 Å². The van der Waals surface area contributed by atoms with Crippen molar-refractivity contribution in [1.29, 1.82) is 0 Å². The molecule has 1 aliphatic rings. The predicted octanol–water partition coefficient (Wildman–Crippen LogP) is 3.14. The molecule has 0 aromatic heterocycles. The number of nitrogens with zero attached hydrogens (tertiary/aromatic N) is 1. The lowest BCUT2D eigenvalue weighted by Gasteiger charge is -2.34. The number of hydrogen-bond acceptors (Lipinski definition) is 3. The van der Waals surface area contributed by atoms with Gasteiger partial charge in [-0.05, 0) is 42.7 Å². The van der Waals surface area contributed by atoms with Gasteiger partial charge in [0.2, 0.25) is 0 Å². The monoisotopic (exact) mass is 310 g/mol. The van der Waals surface area contributed by atoms with Gasteiger partial charge in [-0.1, -0.05) is 30.3 Å². The molecule has 1 fully saturated rings. The van der Waals surface area contributed by atoms with Gasteiger partial charge in [0.1, 0.15) is 0 Å². The molecule has 0 atom stereocenters. The molecule has 1 heterocycles. The Labute approximate surface area is 136 Å². The van der Waals surface area contributed by atoms with Gasteiger partial charge in [0.25, 0.3) is 0 Å². The van der Waals surface area contributed by atoms with Crippen molar-refractivity contribution in [2.45, 2.75) is 25.4 Å². The third-order valence-corrected chi connectivity index (χ3v) is 4.41. The molecular weight excluding hydrogens is 288 g/mol. The van der Waals surface area contributed by atoms with Crippen molar-refractivity contribution in [2.24, 2.45) is 0 Å². The van der Waals surface area contributed by atoms with Crippen molar-refractivity contribution < 1.29 is 9.90 Å². The molecular formula is C19H22N2O2. The lowest BCUT2D eigenvalue weighted by atomic mass is 10.0. The first-order valence-corrected chi connectivity index (χ1v) is 8.08. The number of benzene rings is 2. The number of carboxylic acid groups (broad SMARTS) is 1. The summed E-state index contributed by atoms with van der Waals surface area (Å²) in [5.74, 6) is -0.875. The van der Waals surface area contributed by atoms with Crippen LogP contribution in [-0.2, 0) is 6.54 Å². The molecule has 2 aromatic rings. The summed E-state index contributed by atoms with van der Waals surface area (Å²) >= 11 is 0. The third-order valence-electron chi connectivity index (χ3n) is 4.41. The first kappa shape index (κ1) is 15.6. The lowest BCUT2D eigenvalue weighted by Crippen LogP contribution is -2.42. The summed E-state index contributed by atoms with van der Waals surface area (Å²) in [6, 6.07) is 18.2. The van der Waals surface area contributed by atoms with E-state index < -0.39 is 5.97 Å². The molecule has 0 bridgehead atoms. The number of carboxylic acids is 1. The molecule has 0 radical (unpaired) electrons. The number of anilines is 1. The van der Waals surface area contributed by atoms with Crippen LogP contribution in [0.5, 0.6) is 0 Å². The summed E-state index contributed by atoms with van der Waals surface area (Å²) in [4.78, 5) is 13.2. The van der Waals surface area contributed by atoms with Crippen LogP contribution < -0.4 is 10.2 Å². The van der Waals surface area contributed by atoms with Gasteiger partial charge < -0.3 is 15.3 Å². The van der Waals surface area contributed by atoms with E-state index in [2.05, 4.69) is 34.5 Å². The molecule has 0 unspecified atom stereocenters. The second-order valence-electron chi connectivity index (χ2n) is 5.98. The fourth-order valence-electron chi connectivity index (χ4n) is 3.01. The Balaban J connectivity index is 1.49. The molecule has 0 saturated carbocycles. The number of piperidine rings is 1. The van der Waals surface area contributed by atoms with Gasteiger partial charge in [0.15, 0.2) is 0 Å². The Morgan fingerprint density at radius 2 is 1.70 bits per heavy atom. The highest BCUT2D eigenvalue weighted by Crippen LogP contribution is 2.21. The minimum absolute atomic E-state index is 0.341. The van der Waals surface area contributed by atoms with Gasteiger partial charge in [-0.3, -0.25) is 0 Å². The second kappa shape index (κ2) is 7.29. The van der Waals surface area contributed by atoms with Crippen molar-refractivity contribution in [3.63, 3.8) is 0 Å². The van der Waals surface area contributed by atoms with Gasteiger partial charge >= 0.3 is 5.97 Å². The van der Waals surface area contributed by atoms with Crippen molar-refractivity contribution >= 4 is 11.7 Å². The molecule has 4 heteroatoms. The van der Waals surface area contributed by atoms with E-state index in [-0.39, 0.29) is 0 Å². The standard InChI is InChI=1S/C19H22N2O2/c22-19(23)16-6-8-18(9-7-16)21-12-10-17(11-13-21)20-14-15-4-2-1-3-5-15/h1-9,17,20H,10-14H2,(H,22,23). The van der Waals surface area contributed by atoms with Crippen LogP contribution >= 0.6 is 0 Å². The summed E-state index contributed by atoms with van der Waals surface area (Å²) in [7, 11) is 0. The highest BCUT2D eigenvalue weighted by atomic mass is 16.4. The van der Waals surface area contributed by atoms with Crippen molar-refractivity contribution in [3.8, 4) is 0 Å². The largest absolute Gasteiger partial charge is 0.478 e. The Morgan fingerprint density at radius 1 is 1.04 bits per heavy atom. The molecule has 3 rings (SSSR count). The molecule has 0 amide bonds. The minimum atomic E-state index is -0.875. The van der Waals surface area contributed by atoms with E-state index in [0.717, 1.165) is 38.2 Å². The second-order valence-corrected chi connectivity index (χ2v) is 5.98. The van der Waals surface area contributed by atoms with Crippen LogP contribution in [0.3, 0.4) is 0 Å². The van der Waals surface area contributed by atoms with Gasteiger partial charge in [0, 0.05) is 31.4 Å².